The summed E-state index contributed by atoms with van der Waals surface area (Å²) in [5.41, 5.74) is 1.93. The highest BCUT2D eigenvalue weighted by atomic mass is 16.6. The molecule has 0 aromatic heterocycles. The lowest BCUT2D eigenvalue weighted by Crippen LogP contribution is -2.57. The van der Waals surface area contributed by atoms with Gasteiger partial charge < -0.3 is 30.1 Å². The van der Waals surface area contributed by atoms with E-state index in [0.717, 1.165) is 11.3 Å². The van der Waals surface area contributed by atoms with Gasteiger partial charge in [-0.1, -0.05) is 17.7 Å². The number of nitrogens with one attached hydrogen (secondary N) is 1. The lowest BCUT2D eigenvalue weighted by atomic mass is 9.99. The fraction of sp³-hybridized carbons (Fsp3) is 0.500. The maximum atomic E-state index is 10.0. The van der Waals surface area contributed by atoms with Crippen LogP contribution in [0.1, 0.15) is 5.56 Å². The lowest BCUT2D eigenvalue weighted by Gasteiger charge is -2.36. The molecule has 3 rings (SSSR count). The molecule has 0 saturated carbocycles. The molecule has 0 aliphatic carbocycles. The zero-order valence-electron chi connectivity index (χ0n) is 11.5. The van der Waals surface area contributed by atoms with E-state index in [1.165, 1.54) is 0 Å². The molecule has 0 unspecified atom stereocenters. The number of aliphatic hydroxyl groups is 3. The molecule has 0 spiro atoms. The maximum Gasteiger partial charge on any atom is 0.292 e. The highest BCUT2D eigenvalue weighted by Gasteiger charge is 2.49. The van der Waals surface area contributed by atoms with Gasteiger partial charge in [-0.15, -0.1) is 0 Å². The van der Waals surface area contributed by atoms with Crippen molar-refractivity contribution in [1.82, 2.24) is 0 Å². The van der Waals surface area contributed by atoms with Crippen molar-refractivity contribution in [2.24, 2.45) is 4.99 Å². The quantitative estimate of drug-likeness (QED) is 0.592. The molecular weight excluding hydrogens is 276 g/mol. The number of amidine groups is 1. The minimum atomic E-state index is -1.20. The van der Waals surface area contributed by atoms with Gasteiger partial charge in [0, 0.05) is 5.69 Å². The van der Waals surface area contributed by atoms with E-state index in [1.54, 1.807) is 0 Å². The first kappa shape index (κ1) is 14.3. The molecule has 1 saturated heterocycles. The number of benzene rings is 1. The SMILES string of the molecule is Cc1ccc(NC2=N[C@@H]3O[C@H](CO)[C@@H](O)[C@H](O)[C@H]3O2)cc1. The number of rotatable bonds is 2. The highest BCUT2D eigenvalue weighted by molar-refractivity contribution is 5.90. The Morgan fingerprint density at radius 2 is 1.90 bits per heavy atom. The minimum Gasteiger partial charge on any atom is -0.454 e. The van der Waals surface area contributed by atoms with Crippen LogP contribution in [-0.4, -0.2) is 58.6 Å². The molecule has 4 N–H and O–H groups in total. The van der Waals surface area contributed by atoms with E-state index in [9.17, 15) is 10.2 Å². The van der Waals surface area contributed by atoms with Gasteiger partial charge in [0.05, 0.1) is 6.61 Å². The van der Waals surface area contributed by atoms with E-state index in [4.69, 9.17) is 14.6 Å². The smallest absolute Gasteiger partial charge is 0.292 e. The molecular formula is C14H18N2O5. The topological polar surface area (TPSA) is 104 Å². The van der Waals surface area contributed by atoms with E-state index in [-0.39, 0.29) is 6.02 Å². The van der Waals surface area contributed by atoms with Crippen LogP contribution < -0.4 is 5.32 Å². The fourth-order valence-corrected chi connectivity index (χ4v) is 2.40. The Labute approximate surface area is 121 Å². The molecule has 2 heterocycles. The first-order valence-electron chi connectivity index (χ1n) is 6.79. The summed E-state index contributed by atoms with van der Waals surface area (Å²) in [6.45, 7) is 1.60. The van der Waals surface area contributed by atoms with Gasteiger partial charge in [0.2, 0.25) is 0 Å². The summed E-state index contributed by atoms with van der Waals surface area (Å²) in [7, 11) is 0. The van der Waals surface area contributed by atoms with Crippen molar-refractivity contribution < 1.29 is 24.8 Å². The van der Waals surface area contributed by atoms with Crippen LogP contribution in [-0.2, 0) is 9.47 Å². The van der Waals surface area contributed by atoms with Crippen molar-refractivity contribution in [3.63, 3.8) is 0 Å². The largest absolute Gasteiger partial charge is 0.454 e. The van der Waals surface area contributed by atoms with Crippen LogP contribution in [0.15, 0.2) is 29.3 Å². The second kappa shape index (κ2) is 5.61. The Hall–Kier alpha value is -1.67. The molecule has 114 valence electrons. The average molecular weight is 294 g/mol. The van der Waals surface area contributed by atoms with Crippen molar-refractivity contribution >= 4 is 11.7 Å². The monoisotopic (exact) mass is 294 g/mol. The predicted molar refractivity (Wildman–Crippen MR) is 74.9 cm³/mol. The number of aliphatic imine (C=N–C) groups is 1. The van der Waals surface area contributed by atoms with Gasteiger partial charge in [0.25, 0.3) is 6.02 Å². The summed E-state index contributed by atoms with van der Waals surface area (Å²) in [5, 5.41) is 31.9. The second-order valence-corrected chi connectivity index (χ2v) is 5.24. The van der Waals surface area contributed by atoms with Crippen molar-refractivity contribution in [2.75, 3.05) is 11.9 Å². The van der Waals surface area contributed by atoms with Gasteiger partial charge in [-0.05, 0) is 19.1 Å². The van der Waals surface area contributed by atoms with E-state index < -0.39 is 37.3 Å². The van der Waals surface area contributed by atoms with E-state index in [2.05, 4.69) is 10.3 Å². The fourth-order valence-electron chi connectivity index (χ4n) is 2.40. The number of hydrogen-bond acceptors (Lipinski definition) is 7. The minimum absolute atomic E-state index is 0.221. The Morgan fingerprint density at radius 1 is 1.19 bits per heavy atom. The van der Waals surface area contributed by atoms with Crippen LogP contribution in [0.2, 0.25) is 0 Å². The summed E-state index contributed by atoms with van der Waals surface area (Å²) in [6, 6.07) is 7.88. The lowest BCUT2D eigenvalue weighted by molar-refractivity contribution is -0.214. The third-order valence-electron chi connectivity index (χ3n) is 3.64. The van der Waals surface area contributed by atoms with Crippen LogP contribution in [0.25, 0.3) is 0 Å². The van der Waals surface area contributed by atoms with Crippen molar-refractivity contribution in [1.29, 1.82) is 0 Å². The van der Waals surface area contributed by atoms with Crippen LogP contribution in [0.5, 0.6) is 0 Å². The summed E-state index contributed by atoms with van der Waals surface area (Å²) < 4.78 is 10.9. The van der Waals surface area contributed by atoms with E-state index >= 15 is 0 Å². The van der Waals surface area contributed by atoms with Gasteiger partial charge in [0.15, 0.2) is 12.3 Å². The predicted octanol–water partition coefficient (Wildman–Crippen LogP) is -0.399. The molecule has 0 amide bonds. The molecule has 2 aliphatic heterocycles. The first-order chi connectivity index (χ1) is 10.1. The number of hydrogen-bond donors (Lipinski definition) is 4. The zero-order chi connectivity index (χ0) is 15.0. The molecule has 1 fully saturated rings. The van der Waals surface area contributed by atoms with Gasteiger partial charge >= 0.3 is 0 Å². The normalized spacial score (nSPS) is 34.9. The van der Waals surface area contributed by atoms with Gasteiger partial charge in [-0.25, -0.2) is 0 Å². The molecule has 0 radical (unpaired) electrons. The molecule has 21 heavy (non-hydrogen) atoms. The van der Waals surface area contributed by atoms with Crippen LogP contribution in [0, 0.1) is 6.92 Å². The Kier molecular flexibility index (Phi) is 3.81. The first-order valence-corrected chi connectivity index (χ1v) is 6.79. The van der Waals surface area contributed by atoms with Crippen molar-refractivity contribution in [2.45, 2.75) is 37.6 Å². The van der Waals surface area contributed by atoms with Crippen molar-refractivity contribution in [3.05, 3.63) is 29.8 Å². The number of aryl methyl sites for hydroxylation is 1. The third kappa shape index (κ3) is 2.73. The van der Waals surface area contributed by atoms with Gasteiger partial charge in [-0.3, -0.25) is 0 Å². The Morgan fingerprint density at radius 3 is 2.57 bits per heavy atom. The summed E-state index contributed by atoms with van der Waals surface area (Å²) in [5.74, 6) is 0. The van der Waals surface area contributed by atoms with E-state index in [1.807, 2.05) is 31.2 Å². The highest BCUT2D eigenvalue weighted by Crippen LogP contribution is 2.28. The summed E-state index contributed by atoms with van der Waals surface area (Å²) in [4.78, 5) is 4.19. The standard InChI is InChI=1S/C14H18N2O5/c1-7-2-4-8(5-3-7)15-14-16-13-12(21-14)11(19)10(18)9(6-17)20-13/h2-5,9-13,17-19H,6H2,1H3,(H,15,16)/t9-,10-,11+,12-,13-/m1/s1. The number of anilines is 1. The van der Waals surface area contributed by atoms with Crippen molar-refractivity contribution in [3.8, 4) is 0 Å². The molecule has 2 aliphatic rings. The van der Waals surface area contributed by atoms with Crippen LogP contribution >= 0.6 is 0 Å². The second-order valence-electron chi connectivity index (χ2n) is 5.24. The maximum absolute atomic E-state index is 10.0. The summed E-state index contributed by atoms with van der Waals surface area (Å²) >= 11 is 0. The zero-order valence-corrected chi connectivity index (χ0v) is 11.5. The molecule has 7 nitrogen and oxygen atoms in total. The number of nitrogens with zero attached hydrogens (tertiary/aromatic N) is 1. The molecule has 1 aromatic rings. The molecule has 1 aromatic carbocycles. The summed E-state index contributed by atoms with van der Waals surface area (Å²) in [6.07, 6.45) is -4.76. The Balaban J connectivity index is 1.71. The number of aliphatic hydroxyl groups excluding tert-OH is 3. The average Bonchev–Trinajstić information content (AvgIpc) is 2.88. The molecule has 7 heteroatoms. The number of ether oxygens (including phenoxy) is 2. The number of fused-ring (bicyclic) bond motifs is 1. The Bertz CT molecular complexity index is 533. The van der Waals surface area contributed by atoms with E-state index in [0.29, 0.717) is 0 Å². The van der Waals surface area contributed by atoms with Crippen LogP contribution in [0.4, 0.5) is 5.69 Å². The molecule has 5 atom stereocenters. The van der Waals surface area contributed by atoms with Crippen LogP contribution in [0.3, 0.4) is 0 Å². The molecule has 0 bridgehead atoms. The van der Waals surface area contributed by atoms with Gasteiger partial charge in [-0.2, -0.15) is 4.99 Å². The van der Waals surface area contributed by atoms with Gasteiger partial charge in [0.1, 0.15) is 18.3 Å². The third-order valence-corrected chi connectivity index (χ3v) is 3.64.